The number of rotatable bonds is 3. The lowest BCUT2D eigenvalue weighted by Gasteiger charge is -2.01. The van der Waals surface area contributed by atoms with Gasteiger partial charge in [-0.2, -0.15) is 0 Å². The van der Waals surface area contributed by atoms with E-state index in [2.05, 4.69) is 27.5 Å². The SMILES string of the molecule is NC(=S)N/C(C=O)=C\c1c[nH]c2nc(Cl)ccc12. The van der Waals surface area contributed by atoms with E-state index >= 15 is 0 Å². The molecule has 2 aromatic rings. The fourth-order valence-corrected chi connectivity index (χ4v) is 1.80. The van der Waals surface area contributed by atoms with Crippen LogP contribution in [0.5, 0.6) is 0 Å². The molecule has 0 atom stereocenters. The Bertz CT molecular complexity index is 650. The van der Waals surface area contributed by atoms with Crippen molar-refractivity contribution in [1.82, 2.24) is 15.3 Å². The van der Waals surface area contributed by atoms with Gasteiger partial charge in [0.1, 0.15) is 10.8 Å². The van der Waals surface area contributed by atoms with E-state index < -0.39 is 0 Å². The van der Waals surface area contributed by atoms with E-state index in [1.165, 1.54) is 0 Å². The van der Waals surface area contributed by atoms with Crippen LogP contribution in [0.4, 0.5) is 0 Å². The van der Waals surface area contributed by atoms with Gasteiger partial charge in [-0.3, -0.25) is 4.79 Å². The largest absolute Gasteiger partial charge is 0.376 e. The average Bonchev–Trinajstić information content (AvgIpc) is 2.70. The van der Waals surface area contributed by atoms with Gasteiger partial charge in [0.05, 0.1) is 5.70 Å². The topological polar surface area (TPSA) is 83.8 Å². The number of thiocarbonyl (C=S) groups is 1. The van der Waals surface area contributed by atoms with E-state index in [1.807, 2.05) is 6.07 Å². The third kappa shape index (κ3) is 2.66. The van der Waals surface area contributed by atoms with E-state index in [4.69, 9.17) is 17.3 Å². The molecule has 0 aromatic carbocycles. The number of H-pyrrole nitrogens is 1. The molecule has 0 unspecified atom stereocenters. The number of fused-ring (bicyclic) bond motifs is 1. The number of aromatic amines is 1. The van der Waals surface area contributed by atoms with Gasteiger partial charge in [0.15, 0.2) is 11.4 Å². The molecule has 7 heteroatoms. The molecule has 0 amide bonds. The number of carbonyl (C=O) groups is 1. The van der Waals surface area contributed by atoms with E-state index in [9.17, 15) is 4.79 Å². The zero-order valence-corrected chi connectivity index (χ0v) is 10.7. The van der Waals surface area contributed by atoms with Gasteiger partial charge in [-0.25, -0.2) is 4.98 Å². The van der Waals surface area contributed by atoms with Crippen LogP contribution in [-0.2, 0) is 4.79 Å². The molecule has 2 aromatic heterocycles. The minimum absolute atomic E-state index is 0.0364. The standard InChI is InChI=1S/C11H9ClN4OS/c12-9-2-1-8-6(4-14-10(8)16-9)3-7(5-17)15-11(13)18/h1-5H,(H,14,16)(H3,13,15,18)/b7-3-. The Morgan fingerprint density at radius 1 is 1.56 bits per heavy atom. The minimum Gasteiger partial charge on any atom is -0.376 e. The number of pyridine rings is 1. The maximum absolute atomic E-state index is 10.9. The summed E-state index contributed by atoms with van der Waals surface area (Å²) < 4.78 is 0. The summed E-state index contributed by atoms with van der Waals surface area (Å²) in [5.41, 5.74) is 7.03. The summed E-state index contributed by atoms with van der Waals surface area (Å²) in [7, 11) is 0. The third-order valence-corrected chi connectivity index (χ3v) is 2.55. The predicted molar refractivity (Wildman–Crippen MR) is 75.1 cm³/mol. The summed E-state index contributed by atoms with van der Waals surface area (Å²) in [6, 6.07) is 3.49. The first kappa shape index (κ1) is 12.5. The van der Waals surface area contributed by atoms with Crippen LogP contribution in [0, 0.1) is 0 Å². The number of nitrogens with two attached hydrogens (primary N) is 1. The normalized spacial score (nSPS) is 11.5. The van der Waals surface area contributed by atoms with Crippen LogP contribution >= 0.6 is 23.8 Å². The van der Waals surface area contributed by atoms with Crippen LogP contribution in [0.15, 0.2) is 24.0 Å². The number of nitrogens with one attached hydrogen (secondary N) is 2. The molecule has 0 aliphatic carbocycles. The number of aromatic nitrogens is 2. The summed E-state index contributed by atoms with van der Waals surface area (Å²) >= 11 is 10.5. The quantitative estimate of drug-likeness (QED) is 0.344. The van der Waals surface area contributed by atoms with Gasteiger partial charge >= 0.3 is 0 Å². The van der Waals surface area contributed by atoms with Crippen LogP contribution in [0.25, 0.3) is 17.1 Å². The molecule has 0 bridgehead atoms. The Morgan fingerprint density at radius 2 is 2.33 bits per heavy atom. The van der Waals surface area contributed by atoms with Crippen molar-refractivity contribution in [3.05, 3.63) is 34.7 Å². The van der Waals surface area contributed by atoms with Crippen LogP contribution in [-0.4, -0.2) is 21.4 Å². The molecule has 0 fully saturated rings. The Morgan fingerprint density at radius 3 is 3.00 bits per heavy atom. The Kier molecular flexibility index (Phi) is 3.59. The highest BCUT2D eigenvalue weighted by Gasteiger charge is 2.05. The summed E-state index contributed by atoms with van der Waals surface area (Å²) in [5, 5.41) is 3.87. The monoisotopic (exact) mass is 280 g/mol. The zero-order chi connectivity index (χ0) is 13.1. The van der Waals surface area contributed by atoms with Gasteiger partial charge in [-0.05, 0) is 30.4 Å². The van der Waals surface area contributed by atoms with E-state index in [0.717, 1.165) is 10.9 Å². The third-order valence-electron chi connectivity index (χ3n) is 2.24. The molecule has 0 saturated carbocycles. The molecular weight excluding hydrogens is 272 g/mol. The summed E-state index contributed by atoms with van der Waals surface area (Å²) in [5.74, 6) is 0. The maximum Gasteiger partial charge on any atom is 0.168 e. The molecule has 0 saturated heterocycles. The van der Waals surface area contributed by atoms with Gasteiger partial charge < -0.3 is 16.0 Å². The molecule has 0 aliphatic heterocycles. The second-order valence-corrected chi connectivity index (χ2v) is 4.31. The summed E-state index contributed by atoms with van der Waals surface area (Å²) in [6.45, 7) is 0. The molecule has 2 rings (SSSR count). The van der Waals surface area contributed by atoms with Crippen LogP contribution in [0.2, 0.25) is 5.15 Å². The summed E-state index contributed by atoms with van der Waals surface area (Å²) in [6.07, 6.45) is 3.99. The number of allylic oxidation sites excluding steroid dienone is 1. The second kappa shape index (κ2) is 5.16. The summed E-state index contributed by atoms with van der Waals surface area (Å²) in [4.78, 5) is 17.9. The van der Waals surface area contributed by atoms with E-state index in [1.54, 1.807) is 18.3 Å². The van der Waals surface area contributed by atoms with E-state index in [-0.39, 0.29) is 10.8 Å². The van der Waals surface area contributed by atoms with Crippen molar-refractivity contribution < 1.29 is 4.79 Å². The smallest absolute Gasteiger partial charge is 0.168 e. The Labute approximate surface area is 113 Å². The molecule has 5 nitrogen and oxygen atoms in total. The first-order valence-corrected chi connectivity index (χ1v) is 5.75. The molecule has 18 heavy (non-hydrogen) atoms. The molecule has 92 valence electrons. The Hall–Kier alpha value is -1.92. The highest BCUT2D eigenvalue weighted by atomic mass is 35.5. The molecule has 4 N–H and O–H groups in total. The van der Waals surface area contributed by atoms with Crippen molar-refractivity contribution in [3.8, 4) is 0 Å². The number of hydrogen-bond donors (Lipinski definition) is 3. The minimum atomic E-state index is 0.0364. The van der Waals surface area contributed by atoms with Crippen molar-refractivity contribution >= 4 is 52.3 Å². The average molecular weight is 281 g/mol. The van der Waals surface area contributed by atoms with Gasteiger partial charge in [0, 0.05) is 17.1 Å². The van der Waals surface area contributed by atoms with Crippen molar-refractivity contribution in [3.63, 3.8) is 0 Å². The van der Waals surface area contributed by atoms with Crippen LogP contribution < -0.4 is 11.1 Å². The number of hydrogen-bond acceptors (Lipinski definition) is 3. The van der Waals surface area contributed by atoms with Crippen molar-refractivity contribution in [2.24, 2.45) is 5.73 Å². The number of nitrogens with zero attached hydrogens (tertiary/aromatic N) is 1. The lowest BCUT2D eigenvalue weighted by Crippen LogP contribution is -2.28. The lowest BCUT2D eigenvalue weighted by molar-refractivity contribution is -0.105. The van der Waals surface area contributed by atoms with Gasteiger partial charge in [0.2, 0.25) is 0 Å². The second-order valence-electron chi connectivity index (χ2n) is 3.48. The molecular formula is C11H9ClN4OS. The zero-order valence-electron chi connectivity index (χ0n) is 9.11. The van der Waals surface area contributed by atoms with E-state index in [0.29, 0.717) is 17.1 Å². The van der Waals surface area contributed by atoms with Gasteiger partial charge in [-0.1, -0.05) is 11.6 Å². The highest BCUT2D eigenvalue weighted by Crippen LogP contribution is 2.20. The predicted octanol–water partition coefficient (Wildman–Crippen LogP) is 1.59. The van der Waals surface area contributed by atoms with Crippen molar-refractivity contribution in [1.29, 1.82) is 0 Å². The first-order valence-electron chi connectivity index (χ1n) is 4.97. The number of aldehydes is 1. The number of halogens is 1. The van der Waals surface area contributed by atoms with Crippen LogP contribution in [0.1, 0.15) is 5.56 Å². The number of carbonyl (C=O) groups excluding carboxylic acids is 1. The molecule has 0 spiro atoms. The highest BCUT2D eigenvalue weighted by molar-refractivity contribution is 7.80. The molecule has 2 heterocycles. The molecule has 0 aliphatic rings. The lowest BCUT2D eigenvalue weighted by atomic mass is 10.2. The Balaban J connectivity index is 2.44. The van der Waals surface area contributed by atoms with Gasteiger partial charge in [0.25, 0.3) is 0 Å². The maximum atomic E-state index is 10.9. The first-order chi connectivity index (χ1) is 8.60. The van der Waals surface area contributed by atoms with Crippen molar-refractivity contribution in [2.75, 3.05) is 0 Å². The van der Waals surface area contributed by atoms with Gasteiger partial charge in [-0.15, -0.1) is 0 Å². The fraction of sp³-hybridized carbons (Fsp3) is 0. The van der Waals surface area contributed by atoms with Crippen molar-refractivity contribution in [2.45, 2.75) is 0 Å². The fourth-order valence-electron chi connectivity index (χ4n) is 1.53. The van der Waals surface area contributed by atoms with Crippen LogP contribution in [0.3, 0.4) is 0 Å². The molecule has 0 radical (unpaired) electrons.